The molecule has 3 rings (SSSR count). The van der Waals surface area contributed by atoms with Crippen LogP contribution in [0.5, 0.6) is 0 Å². The fourth-order valence-corrected chi connectivity index (χ4v) is 2.37. The van der Waals surface area contributed by atoms with Gasteiger partial charge < -0.3 is 14.9 Å². The number of hydrogen-bond donors (Lipinski definition) is 2. The van der Waals surface area contributed by atoms with Crippen LogP contribution in [0.1, 0.15) is 23.0 Å². The number of nitrogens with one attached hydrogen (secondary N) is 1. The molecule has 0 saturated heterocycles. The van der Waals surface area contributed by atoms with Gasteiger partial charge in [0.2, 0.25) is 5.76 Å². The summed E-state index contributed by atoms with van der Waals surface area (Å²) in [5.41, 5.74) is 1.03. The van der Waals surface area contributed by atoms with Gasteiger partial charge in [-0.15, -0.1) is 0 Å². The normalized spacial score (nSPS) is 13.2. The summed E-state index contributed by atoms with van der Waals surface area (Å²) in [6, 6.07) is 20.2. The summed E-state index contributed by atoms with van der Waals surface area (Å²) < 4.78 is 5.11. The molecule has 0 radical (unpaired) electrons. The molecule has 0 aliphatic carbocycles. The average molecular weight is 322 g/mol. The highest BCUT2D eigenvalue weighted by Crippen LogP contribution is 2.20. The molecule has 0 bridgehead atoms. The van der Waals surface area contributed by atoms with Crippen LogP contribution in [0.3, 0.4) is 0 Å². The Morgan fingerprint density at radius 3 is 2.42 bits per heavy atom. The Balaban J connectivity index is 1.67. The predicted molar refractivity (Wildman–Crippen MR) is 90.3 cm³/mol. The third-order valence-corrected chi connectivity index (χ3v) is 3.79. The van der Waals surface area contributed by atoms with Crippen molar-refractivity contribution < 1.29 is 14.4 Å². The van der Waals surface area contributed by atoms with E-state index in [2.05, 4.69) is 10.5 Å². The van der Waals surface area contributed by atoms with Gasteiger partial charge in [0.25, 0.3) is 5.91 Å². The zero-order chi connectivity index (χ0) is 17.0. The first-order chi connectivity index (χ1) is 11.6. The van der Waals surface area contributed by atoms with Crippen molar-refractivity contribution in [1.29, 1.82) is 0 Å². The summed E-state index contributed by atoms with van der Waals surface area (Å²) in [5, 5.41) is 17.1. The van der Waals surface area contributed by atoms with Gasteiger partial charge in [-0.2, -0.15) is 0 Å². The molecule has 0 fully saturated rings. The van der Waals surface area contributed by atoms with Crippen molar-refractivity contribution in [2.45, 2.75) is 12.5 Å². The van der Waals surface area contributed by atoms with E-state index in [4.69, 9.17) is 4.52 Å². The lowest BCUT2D eigenvalue weighted by atomic mass is 9.96. The summed E-state index contributed by atoms with van der Waals surface area (Å²) >= 11 is 0. The van der Waals surface area contributed by atoms with Crippen LogP contribution in [0.15, 0.2) is 71.3 Å². The van der Waals surface area contributed by atoms with E-state index in [0.29, 0.717) is 5.69 Å². The van der Waals surface area contributed by atoms with E-state index >= 15 is 0 Å². The first kappa shape index (κ1) is 16.0. The maximum Gasteiger partial charge on any atom is 0.290 e. The number of aromatic nitrogens is 1. The van der Waals surface area contributed by atoms with Gasteiger partial charge in [0.15, 0.2) is 0 Å². The van der Waals surface area contributed by atoms with Crippen molar-refractivity contribution >= 4 is 5.91 Å². The van der Waals surface area contributed by atoms with Crippen molar-refractivity contribution in [2.24, 2.45) is 0 Å². The van der Waals surface area contributed by atoms with E-state index in [0.717, 1.165) is 11.1 Å². The molecule has 1 aromatic heterocycles. The fourth-order valence-electron chi connectivity index (χ4n) is 2.37. The molecule has 1 atom stereocenters. The molecule has 0 saturated carbocycles. The van der Waals surface area contributed by atoms with Gasteiger partial charge in [-0.05, 0) is 12.5 Å². The van der Waals surface area contributed by atoms with Crippen LogP contribution in [0.4, 0.5) is 0 Å². The molecule has 3 aromatic rings. The van der Waals surface area contributed by atoms with Crippen molar-refractivity contribution in [2.75, 3.05) is 6.54 Å². The van der Waals surface area contributed by atoms with Gasteiger partial charge in [-0.25, -0.2) is 0 Å². The number of amides is 1. The van der Waals surface area contributed by atoms with E-state index < -0.39 is 11.5 Å². The van der Waals surface area contributed by atoms with Crippen molar-refractivity contribution in [3.63, 3.8) is 0 Å². The van der Waals surface area contributed by atoms with Gasteiger partial charge in [-0.1, -0.05) is 65.8 Å². The standard InChI is InChI=1S/C19H18N2O3/c1-19(23,15-10-6-3-7-11-15)13-20-18(22)17-12-16(21-24-17)14-8-4-2-5-9-14/h2-12,23H,13H2,1H3,(H,20,22). The molecule has 2 aromatic carbocycles. The highest BCUT2D eigenvalue weighted by Gasteiger charge is 2.24. The summed E-state index contributed by atoms with van der Waals surface area (Å²) in [4.78, 5) is 12.2. The molecule has 1 heterocycles. The van der Waals surface area contributed by atoms with Crippen LogP contribution < -0.4 is 5.32 Å². The van der Waals surface area contributed by atoms with E-state index in [-0.39, 0.29) is 12.3 Å². The average Bonchev–Trinajstić information content (AvgIpc) is 3.11. The Morgan fingerprint density at radius 1 is 1.12 bits per heavy atom. The molecule has 5 nitrogen and oxygen atoms in total. The first-order valence-electron chi connectivity index (χ1n) is 7.64. The largest absolute Gasteiger partial charge is 0.384 e. The number of rotatable bonds is 5. The molecule has 0 spiro atoms. The Kier molecular flexibility index (Phi) is 4.44. The minimum Gasteiger partial charge on any atom is -0.384 e. The Bertz CT molecular complexity index is 811. The zero-order valence-electron chi connectivity index (χ0n) is 13.3. The summed E-state index contributed by atoms with van der Waals surface area (Å²) in [7, 11) is 0. The number of carbonyl (C=O) groups excluding carboxylic acids is 1. The van der Waals surface area contributed by atoms with Gasteiger partial charge in [-0.3, -0.25) is 4.79 Å². The van der Waals surface area contributed by atoms with Crippen LogP contribution in [0.25, 0.3) is 11.3 Å². The van der Waals surface area contributed by atoms with Crippen molar-refractivity contribution in [3.05, 3.63) is 78.1 Å². The monoisotopic (exact) mass is 322 g/mol. The molecule has 1 amide bonds. The molecular weight excluding hydrogens is 304 g/mol. The molecule has 2 N–H and O–H groups in total. The number of hydrogen-bond acceptors (Lipinski definition) is 4. The third-order valence-electron chi connectivity index (χ3n) is 3.79. The quantitative estimate of drug-likeness (QED) is 0.757. The number of carbonyl (C=O) groups is 1. The minimum atomic E-state index is -1.17. The third kappa shape index (κ3) is 3.52. The second kappa shape index (κ2) is 6.68. The van der Waals surface area contributed by atoms with E-state index in [1.807, 2.05) is 60.7 Å². The maximum absolute atomic E-state index is 12.2. The number of nitrogens with zero attached hydrogens (tertiary/aromatic N) is 1. The molecule has 1 unspecified atom stereocenters. The number of aliphatic hydroxyl groups is 1. The topological polar surface area (TPSA) is 75.4 Å². The van der Waals surface area contributed by atoms with Crippen molar-refractivity contribution in [1.82, 2.24) is 10.5 Å². The molecule has 0 aliphatic heterocycles. The lowest BCUT2D eigenvalue weighted by Gasteiger charge is -2.23. The van der Waals surface area contributed by atoms with Crippen LogP contribution >= 0.6 is 0 Å². The lowest BCUT2D eigenvalue weighted by Crippen LogP contribution is -2.38. The van der Waals surface area contributed by atoms with E-state index in [9.17, 15) is 9.90 Å². The molecular formula is C19H18N2O3. The Hall–Kier alpha value is -2.92. The maximum atomic E-state index is 12.2. The highest BCUT2D eigenvalue weighted by molar-refractivity contribution is 5.92. The van der Waals surface area contributed by atoms with E-state index in [1.165, 1.54) is 0 Å². The van der Waals surface area contributed by atoms with Crippen molar-refractivity contribution in [3.8, 4) is 11.3 Å². The highest BCUT2D eigenvalue weighted by atomic mass is 16.5. The minimum absolute atomic E-state index is 0.0667. The molecule has 122 valence electrons. The van der Waals surface area contributed by atoms with Crippen LogP contribution in [-0.4, -0.2) is 22.7 Å². The fraction of sp³-hybridized carbons (Fsp3) is 0.158. The van der Waals surface area contributed by atoms with Gasteiger partial charge in [0, 0.05) is 11.6 Å². The predicted octanol–water partition coefficient (Wildman–Crippen LogP) is 2.98. The van der Waals surface area contributed by atoms with Gasteiger partial charge in [0.1, 0.15) is 11.3 Å². The first-order valence-corrected chi connectivity index (χ1v) is 7.64. The second-order valence-corrected chi connectivity index (χ2v) is 5.76. The van der Waals surface area contributed by atoms with Crippen LogP contribution in [-0.2, 0) is 5.60 Å². The second-order valence-electron chi connectivity index (χ2n) is 5.76. The Morgan fingerprint density at radius 2 is 1.75 bits per heavy atom. The summed E-state index contributed by atoms with van der Waals surface area (Å²) in [5.74, 6) is -0.307. The summed E-state index contributed by atoms with van der Waals surface area (Å²) in [6.07, 6.45) is 0. The van der Waals surface area contributed by atoms with Gasteiger partial charge in [0.05, 0.1) is 6.54 Å². The lowest BCUT2D eigenvalue weighted by molar-refractivity contribution is 0.0516. The Labute approximate surface area is 139 Å². The van der Waals surface area contributed by atoms with E-state index in [1.54, 1.807) is 13.0 Å². The summed E-state index contributed by atoms with van der Waals surface area (Å²) in [6.45, 7) is 1.72. The van der Waals surface area contributed by atoms with Crippen LogP contribution in [0.2, 0.25) is 0 Å². The molecule has 5 heteroatoms. The molecule has 24 heavy (non-hydrogen) atoms. The smallest absolute Gasteiger partial charge is 0.290 e. The zero-order valence-corrected chi connectivity index (χ0v) is 13.3. The SMILES string of the molecule is CC(O)(CNC(=O)c1cc(-c2ccccc2)no1)c1ccccc1. The number of benzene rings is 2. The van der Waals surface area contributed by atoms with Crippen LogP contribution in [0, 0.1) is 0 Å². The van der Waals surface area contributed by atoms with Gasteiger partial charge >= 0.3 is 0 Å². The molecule has 0 aliphatic rings.